The van der Waals surface area contributed by atoms with Gasteiger partial charge in [0.2, 0.25) is 0 Å². The number of nitrogens with one attached hydrogen (secondary N) is 1. The van der Waals surface area contributed by atoms with E-state index in [0.717, 1.165) is 33.0 Å². The molecule has 0 spiro atoms. The number of rotatable bonds is 6. The SMILES string of the molecule is COc1cc(C)c(C)cc1S(=O)(=O)Nc1ccc(-c2csc(-c3ccc(Cl)cc3)n2)cc1. The molecule has 0 atom stereocenters. The van der Waals surface area contributed by atoms with Crippen molar-refractivity contribution in [2.24, 2.45) is 0 Å². The molecule has 164 valence electrons. The van der Waals surface area contributed by atoms with Crippen molar-refractivity contribution in [3.05, 3.63) is 82.2 Å². The highest BCUT2D eigenvalue weighted by Crippen LogP contribution is 2.32. The molecule has 0 aliphatic rings. The van der Waals surface area contributed by atoms with Gasteiger partial charge in [0.1, 0.15) is 15.7 Å². The molecule has 4 aromatic rings. The fourth-order valence-electron chi connectivity index (χ4n) is 3.18. The van der Waals surface area contributed by atoms with E-state index in [9.17, 15) is 8.42 Å². The van der Waals surface area contributed by atoms with Crippen LogP contribution < -0.4 is 9.46 Å². The molecule has 1 heterocycles. The molecule has 0 bridgehead atoms. The maximum atomic E-state index is 13.0. The maximum Gasteiger partial charge on any atom is 0.265 e. The Balaban J connectivity index is 1.56. The zero-order valence-electron chi connectivity index (χ0n) is 17.7. The van der Waals surface area contributed by atoms with E-state index in [1.54, 1.807) is 35.6 Å². The number of sulfonamides is 1. The van der Waals surface area contributed by atoms with Crippen LogP contribution in [0.4, 0.5) is 5.69 Å². The maximum absolute atomic E-state index is 13.0. The van der Waals surface area contributed by atoms with Crippen molar-refractivity contribution in [2.75, 3.05) is 11.8 Å². The molecule has 0 aliphatic heterocycles. The predicted molar refractivity (Wildman–Crippen MR) is 131 cm³/mol. The van der Waals surface area contributed by atoms with Crippen LogP contribution in [-0.2, 0) is 10.0 Å². The molecule has 4 rings (SSSR count). The molecule has 0 fully saturated rings. The van der Waals surface area contributed by atoms with Crippen molar-refractivity contribution in [2.45, 2.75) is 18.7 Å². The molecule has 1 N–H and O–H groups in total. The lowest BCUT2D eigenvalue weighted by Gasteiger charge is -2.14. The number of ether oxygens (including phenoxy) is 1. The van der Waals surface area contributed by atoms with Crippen LogP contribution in [0.5, 0.6) is 5.75 Å². The van der Waals surface area contributed by atoms with Crippen molar-refractivity contribution in [3.8, 4) is 27.6 Å². The zero-order valence-corrected chi connectivity index (χ0v) is 20.1. The number of halogens is 1. The lowest BCUT2D eigenvalue weighted by Crippen LogP contribution is -2.14. The fourth-order valence-corrected chi connectivity index (χ4v) is 5.44. The van der Waals surface area contributed by atoms with E-state index in [-0.39, 0.29) is 4.90 Å². The highest BCUT2D eigenvalue weighted by Gasteiger charge is 2.21. The van der Waals surface area contributed by atoms with Gasteiger partial charge in [-0.15, -0.1) is 11.3 Å². The molecule has 0 saturated carbocycles. The summed E-state index contributed by atoms with van der Waals surface area (Å²) in [7, 11) is -2.35. The topological polar surface area (TPSA) is 68.3 Å². The van der Waals surface area contributed by atoms with Gasteiger partial charge in [-0.25, -0.2) is 13.4 Å². The molecule has 0 aliphatic carbocycles. The van der Waals surface area contributed by atoms with Crippen molar-refractivity contribution in [1.82, 2.24) is 4.98 Å². The van der Waals surface area contributed by atoms with Gasteiger partial charge in [0.15, 0.2) is 0 Å². The van der Waals surface area contributed by atoms with Crippen LogP contribution in [0.2, 0.25) is 5.02 Å². The first-order valence-electron chi connectivity index (χ1n) is 9.77. The summed E-state index contributed by atoms with van der Waals surface area (Å²) in [6, 6.07) is 18.0. The minimum absolute atomic E-state index is 0.110. The number of aromatic nitrogens is 1. The van der Waals surface area contributed by atoms with Gasteiger partial charge in [-0.3, -0.25) is 4.72 Å². The van der Waals surface area contributed by atoms with Gasteiger partial charge in [-0.2, -0.15) is 0 Å². The number of benzene rings is 3. The third-order valence-electron chi connectivity index (χ3n) is 5.10. The third-order valence-corrected chi connectivity index (χ3v) is 7.64. The number of hydrogen-bond donors (Lipinski definition) is 1. The van der Waals surface area contributed by atoms with Gasteiger partial charge in [0, 0.05) is 27.2 Å². The van der Waals surface area contributed by atoms with E-state index in [4.69, 9.17) is 21.3 Å². The molecule has 32 heavy (non-hydrogen) atoms. The Morgan fingerprint density at radius 2 is 1.56 bits per heavy atom. The summed E-state index contributed by atoms with van der Waals surface area (Å²) in [4.78, 5) is 4.80. The number of nitrogens with zero attached hydrogens (tertiary/aromatic N) is 1. The quantitative estimate of drug-likeness (QED) is 0.336. The molecular weight excluding hydrogens is 464 g/mol. The zero-order chi connectivity index (χ0) is 22.9. The van der Waals surface area contributed by atoms with Crippen LogP contribution in [0, 0.1) is 13.8 Å². The molecule has 8 heteroatoms. The summed E-state index contributed by atoms with van der Waals surface area (Å²) < 4.78 is 33.9. The highest BCUT2D eigenvalue weighted by molar-refractivity contribution is 7.92. The van der Waals surface area contributed by atoms with Gasteiger partial charge in [-0.1, -0.05) is 35.9 Å². The Kier molecular flexibility index (Phi) is 6.24. The number of anilines is 1. The van der Waals surface area contributed by atoms with E-state index in [1.165, 1.54) is 7.11 Å². The van der Waals surface area contributed by atoms with Crippen molar-refractivity contribution in [1.29, 1.82) is 0 Å². The van der Waals surface area contributed by atoms with Crippen LogP contribution in [0.15, 0.2) is 70.9 Å². The molecule has 0 radical (unpaired) electrons. The van der Waals surface area contributed by atoms with Crippen LogP contribution in [0.25, 0.3) is 21.8 Å². The summed E-state index contributed by atoms with van der Waals surface area (Å²) in [5.41, 5.74) is 5.02. The first-order chi connectivity index (χ1) is 15.3. The minimum Gasteiger partial charge on any atom is -0.495 e. The summed E-state index contributed by atoms with van der Waals surface area (Å²) in [5, 5.41) is 3.55. The van der Waals surface area contributed by atoms with Crippen LogP contribution in [0.1, 0.15) is 11.1 Å². The molecular formula is C24H21ClN2O3S2. The molecule has 0 unspecified atom stereocenters. The van der Waals surface area contributed by atoms with E-state index >= 15 is 0 Å². The van der Waals surface area contributed by atoms with Crippen molar-refractivity contribution >= 4 is 38.6 Å². The van der Waals surface area contributed by atoms with E-state index in [2.05, 4.69) is 4.72 Å². The van der Waals surface area contributed by atoms with Gasteiger partial charge >= 0.3 is 0 Å². The Labute approximate surface area is 196 Å². The predicted octanol–water partition coefficient (Wildman–Crippen LogP) is 6.56. The average molecular weight is 485 g/mol. The Morgan fingerprint density at radius 3 is 2.22 bits per heavy atom. The van der Waals surface area contributed by atoms with Gasteiger partial charge in [-0.05, 0) is 61.4 Å². The van der Waals surface area contributed by atoms with Crippen LogP contribution >= 0.6 is 22.9 Å². The molecule has 0 amide bonds. The first-order valence-corrected chi connectivity index (χ1v) is 12.5. The van der Waals surface area contributed by atoms with Crippen molar-refractivity contribution < 1.29 is 13.2 Å². The summed E-state index contributed by atoms with van der Waals surface area (Å²) in [6.07, 6.45) is 0. The Morgan fingerprint density at radius 1 is 0.938 bits per heavy atom. The second-order valence-corrected chi connectivity index (χ2v) is 10.3. The average Bonchev–Trinajstić information content (AvgIpc) is 3.26. The Bertz CT molecular complexity index is 1360. The lowest BCUT2D eigenvalue weighted by atomic mass is 10.1. The normalized spacial score (nSPS) is 11.4. The number of aryl methyl sites for hydroxylation is 2. The lowest BCUT2D eigenvalue weighted by molar-refractivity contribution is 0.402. The van der Waals surface area contributed by atoms with Gasteiger partial charge in [0.05, 0.1) is 12.8 Å². The molecule has 1 aromatic heterocycles. The van der Waals surface area contributed by atoms with Crippen LogP contribution in [0.3, 0.4) is 0 Å². The molecule has 3 aromatic carbocycles. The third kappa shape index (κ3) is 4.65. The van der Waals surface area contributed by atoms with E-state index < -0.39 is 10.0 Å². The summed E-state index contributed by atoms with van der Waals surface area (Å²) in [6.45, 7) is 3.78. The summed E-state index contributed by atoms with van der Waals surface area (Å²) in [5.74, 6) is 0.314. The second kappa shape index (κ2) is 8.94. The van der Waals surface area contributed by atoms with E-state index in [0.29, 0.717) is 16.5 Å². The minimum atomic E-state index is -3.81. The number of methoxy groups -OCH3 is 1. The fraction of sp³-hybridized carbons (Fsp3) is 0.125. The molecule has 0 saturated heterocycles. The highest BCUT2D eigenvalue weighted by atomic mass is 35.5. The second-order valence-electron chi connectivity index (χ2n) is 7.31. The molecule has 5 nitrogen and oxygen atoms in total. The monoisotopic (exact) mass is 484 g/mol. The largest absolute Gasteiger partial charge is 0.495 e. The number of thiazole rings is 1. The van der Waals surface area contributed by atoms with Gasteiger partial charge in [0.25, 0.3) is 10.0 Å². The standard InChI is InChI=1S/C24H21ClN2O3S2/c1-15-12-22(30-3)23(13-16(15)2)32(28,29)27-20-10-6-17(7-11-20)21-14-31-24(26-21)18-4-8-19(25)9-5-18/h4-14,27H,1-3H3. The van der Waals surface area contributed by atoms with Gasteiger partial charge < -0.3 is 4.74 Å². The first kappa shape index (κ1) is 22.3. The number of hydrogen-bond acceptors (Lipinski definition) is 5. The summed E-state index contributed by atoms with van der Waals surface area (Å²) >= 11 is 7.50. The smallest absolute Gasteiger partial charge is 0.265 e. The van der Waals surface area contributed by atoms with Crippen molar-refractivity contribution in [3.63, 3.8) is 0 Å². The van der Waals surface area contributed by atoms with E-state index in [1.807, 2.05) is 55.6 Å². The van der Waals surface area contributed by atoms with Crippen LogP contribution in [-0.4, -0.2) is 20.5 Å². The Hall–Kier alpha value is -2.87.